The van der Waals surface area contributed by atoms with E-state index in [0.717, 1.165) is 5.56 Å². The van der Waals surface area contributed by atoms with E-state index in [2.05, 4.69) is 31.3 Å². The average Bonchev–Trinajstić information content (AvgIpc) is 2.43. The van der Waals surface area contributed by atoms with Crippen molar-refractivity contribution in [2.75, 3.05) is 31.7 Å². The lowest BCUT2D eigenvalue weighted by molar-refractivity contribution is -0.172. The van der Waals surface area contributed by atoms with Gasteiger partial charge in [0.15, 0.2) is 17.2 Å². The highest BCUT2D eigenvalue weighted by Crippen LogP contribution is 2.46. The van der Waals surface area contributed by atoms with Gasteiger partial charge >= 0.3 is 18.0 Å². The summed E-state index contributed by atoms with van der Waals surface area (Å²) in [5, 5.41) is 25.1. The topological polar surface area (TPSA) is 281 Å². The average molecular weight is 1130 g/mol. The van der Waals surface area contributed by atoms with Crippen LogP contribution < -0.4 is 36.9 Å². The summed E-state index contributed by atoms with van der Waals surface area (Å²) >= 11 is 0. The van der Waals surface area contributed by atoms with Gasteiger partial charge in [-0.2, -0.15) is 8.78 Å². The number of cyclic esters (lactones) is 1. The second-order valence-electron chi connectivity index (χ2n) is 19.6. The van der Waals surface area contributed by atoms with Crippen LogP contribution in [0, 0.1) is 36.0 Å². The first-order chi connectivity index (χ1) is 38.5. The molecule has 21 nitrogen and oxygen atoms in total. The molecule has 6 N–H and O–H groups in total. The van der Waals surface area contributed by atoms with E-state index in [-0.39, 0.29) is 76.2 Å². The Bertz CT molecular complexity index is 3410. The lowest BCUT2D eigenvalue weighted by atomic mass is 9.81. The van der Waals surface area contributed by atoms with Crippen molar-refractivity contribution in [3.63, 3.8) is 0 Å². The summed E-state index contributed by atoms with van der Waals surface area (Å²) in [6.07, 6.45) is -0.748. The van der Waals surface area contributed by atoms with E-state index < -0.39 is 118 Å². The molecule has 5 atom stereocenters. The monoisotopic (exact) mass is 1130 g/mol. The number of amides is 5. The Morgan fingerprint density at radius 1 is 0.802 bits per heavy atom. The molecule has 0 bridgehead atoms. The van der Waals surface area contributed by atoms with Crippen LogP contribution in [0.5, 0.6) is 5.75 Å². The normalized spacial score (nSPS) is 16.9. The Kier molecular flexibility index (Phi) is 17.8. The largest absolute Gasteiger partial charge is 0.458 e. The molecule has 3 aromatic carbocycles. The van der Waals surface area contributed by atoms with Crippen molar-refractivity contribution < 1.29 is 84.3 Å². The number of hydrogen-bond donors (Lipinski definition) is 6. The molecular formula is C55H56F5N7O14. The molecule has 0 saturated heterocycles. The molecule has 1 unspecified atom stereocenters. The number of ether oxygens (including phenoxy) is 5. The van der Waals surface area contributed by atoms with Crippen LogP contribution in [0.15, 0.2) is 47.3 Å². The number of aliphatic hydroxyl groups is 1. The third-order valence-electron chi connectivity index (χ3n) is 14.1. The van der Waals surface area contributed by atoms with E-state index in [1.165, 1.54) is 31.4 Å². The minimum atomic E-state index is -2.05. The molecule has 26 heteroatoms. The third-order valence-corrected chi connectivity index (χ3v) is 14.1. The number of alkyl carbamates (subject to hydrolysis) is 1. The molecule has 5 aromatic rings. The number of nitrogens with zero attached hydrogens (tertiary/aromatic N) is 2. The molecule has 4 heterocycles. The Hall–Kier alpha value is -8.36. The standard InChI is InChI=1S/C55H56F5N7O14/c1-6-55(76)34-19-40-47-32(22-67(40)52(73)33(34)24-79-53(55)74)44-38(12-11-31-25(2)35(56)21-39(65-47)43(31)44)66-54(75)80-23-29-7-9-30(10-8-29)64-51(72)28(5)63-50(71)27(4)62-49(70)26(3)61-41(68)13-15-77-17-18-78-16-14-42(69)81-48-45(59)36(57)20-37(58)46(48)60/h7-10,19-21,26-28,38,76H,6,11-18,22-24H2,1-5H3,(H,61,68)(H,62,70)(H,63,71)(H,64,72)(H,66,75)/t26-,27-,28-,38?,55-/m0/s1. The zero-order chi connectivity index (χ0) is 58.6. The van der Waals surface area contributed by atoms with E-state index in [9.17, 15) is 61.0 Å². The third kappa shape index (κ3) is 12.5. The number of carbonyl (C=O) groups excluding carboxylic acids is 7. The second-order valence-corrected chi connectivity index (χ2v) is 19.6. The first kappa shape index (κ1) is 58.8. The molecule has 0 fully saturated rings. The molecule has 5 amide bonds. The van der Waals surface area contributed by atoms with Crippen LogP contribution in [0.4, 0.5) is 32.4 Å². The van der Waals surface area contributed by atoms with Crippen molar-refractivity contribution in [3.05, 3.63) is 121 Å². The summed E-state index contributed by atoms with van der Waals surface area (Å²) in [6, 6.07) is 5.27. The summed E-state index contributed by atoms with van der Waals surface area (Å²) in [4.78, 5) is 108. The number of benzene rings is 3. The van der Waals surface area contributed by atoms with Crippen LogP contribution in [0.2, 0.25) is 0 Å². The summed E-state index contributed by atoms with van der Waals surface area (Å²) in [6.45, 7) is 6.51. The highest BCUT2D eigenvalue weighted by atomic mass is 19.2. The van der Waals surface area contributed by atoms with Gasteiger partial charge in [-0.05, 0) is 87.4 Å². The fraction of sp³-hybridized carbons (Fsp3) is 0.400. The van der Waals surface area contributed by atoms with Gasteiger partial charge in [-0.25, -0.2) is 27.7 Å². The molecule has 0 saturated carbocycles. The number of nitrogens with one attached hydrogen (secondary N) is 5. The maximum Gasteiger partial charge on any atom is 0.407 e. The van der Waals surface area contributed by atoms with Gasteiger partial charge in [0.25, 0.3) is 5.56 Å². The van der Waals surface area contributed by atoms with Gasteiger partial charge in [0, 0.05) is 40.8 Å². The molecule has 81 heavy (non-hydrogen) atoms. The van der Waals surface area contributed by atoms with Crippen LogP contribution in [-0.2, 0) is 79.5 Å². The minimum Gasteiger partial charge on any atom is -0.458 e. The van der Waals surface area contributed by atoms with Gasteiger partial charge in [0.2, 0.25) is 41.0 Å². The van der Waals surface area contributed by atoms with Gasteiger partial charge < -0.3 is 59.9 Å². The number of rotatable bonds is 21. The smallest absolute Gasteiger partial charge is 0.407 e. The van der Waals surface area contributed by atoms with Crippen molar-refractivity contribution in [1.29, 1.82) is 0 Å². The number of carbonyl (C=O) groups is 7. The number of esters is 2. The van der Waals surface area contributed by atoms with E-state index in [4.69, 9.17) is 23.9 Å². The number of hydrogen-bond acceptors (Lipinski definition) is 15. The highest BCUT2D eigenvalue weighted by molar-refractivity contribution is 5.99. The zero-order valence-corrected chi connectivity index (χ0v) is 44.4. The molecule has 1 aliphatic carbocycles. The summed E-state index contributed by atoms with van der Waals surface area (Å²) < 4.78 is 96.5. The number of halogens is 5. The van der Waals surface area contributed by atoms with Gasteiger partial charge in [0.1, 0.15) is 37.2 Å². The molecule has 2 aliphatic heterocycles. The van der Waals surface area contributed by atoms with Gasteiger partial charge in [-0.3, -0.25) is 28.8 Å². The van der Waals surface area contributed by atoms with Crippen LogP contribution in [0.3, 0.4) is 0 Å². The van der Waals surface area contributed by atoms with Gasteiger partial charge in [0.05, 0.1) is 67.9 Å². The SMILES string of the molecule is CC[C@@]1(O)C(=O)OCc2c1cc1n(c2=O)Cc2c-1nc1cc(F)c(C)c3c1c2C(NC(=O)OCc1ccc(NC(=O)[C@H](C)NC(=O)[C@H](C)NC(=O)[C@H](C)NC(=O)CCOCCOCCC(=O)Oc2c(F)c(F)cc(F)c2F)cc1)CC3. The van der Waals surface area contributed by atoms with Gasteiger partial charge in [-0.1, -0.05) is 19.1 Å². The first-order valence-corrected chi connectivity index (χ1v) is 25.7. The van der Waals surface area contributed by atoms with Crippen molar-refractivity contribution in [2.24, 2.45) is 0 Å². The molecular weight excluding hydrogens is 1080 g/mol. The number of anilines is 1. The van der Waals surface area contributed by atoms with Crippen molar-refractivity contribution in [3.8, 4) is 17.1 Å². The number of pyridine rings is 2. The highest BCUT2D eigenvalue weighted by Gasteiger charge is 2.46. The van der Waals surface area contributed by atoms with Crippen LogP contribution in [-0.4, -0.2) is 101 Å². The van der Waals surface area contributed by atoms with E-state index in [1.807, 2.05) is 0 Å². The fourth-order valence-electron chi connectivity index (χ4n) is 9.60. The number of aromatic nitrogens is 2. The van der Waals surface area contributed by atoms with Crippen molar-refractivity contribution in [1.82, 2.24) is 30.8 Å². The van der Waals surface area contributed by atoms with Crippen molar-refractivity contribution >= 4 is 58.3 Å². The molecule has 8 rings (SSSR count). The van der Waals surface area contributed by atoms with Crippen LogP contribution in [0.25, 0.3) is 22.3 Å². The Balaban J connectivity index is 0.756. The maximum absolute atomic E-state index is 15.4. The maximum atomic E-state index is 15.4. The molecule has 3 aliphatic rings. The molecule has 0 radical (unpaired) electrons. The molecule has 0 spiro atoms. The lowest BCUT2D eigenvalue weighted by Gasteiger charge is -2.31. The predicted octanol–water partition coefficient (Wildman–Crippen LogP) is 4.87. The lowest BCUT2D eigenvalue weighted by Crippen LogP contribution is -2.54. The van der Waals surface area contributed by atoms with E-state index in [1.54, 1.807) is 44.2 Å². The van der Waals surface area contributed by atoms with E-state index >= 15 is 4.39 Å². The summed E-state index contributed by atoms with van der Waals surface area (Å²) in [5.41, 5.74) is 2.08. The zero-order valence-electron chi connectivity index (χ0n) is 44.4. The summed E-state index contributed by atoms with van der Waals surface area (Å²) in [5.74, 6) is -13.9. The minimum absolute atomic E-state index is 0.0311. The van der Waals surface area contributed by atoms with Crippen LogP contribution >= 0.6 is 0 Å². The Morgan fingerprint density at radius 3 is 2.09 bits per heavy atom. The fourth-order valence-corrected chi connectivity index (χ4v) is 9.60. The predicted molar refractivity (Wildman–Crippen MR) is 274 cm³/mol. The Labute approximate surface area is 458 Å². The first-order valence-electron chi connectivity index (χ1n) is 25.7. The molecule has 2 aromatic heterocycles. The Morgan fingerprint density at radius 2 is 1.43 bits per heavy atom. The van der Waals surface area contributed by atoms with Gasteiger partial charge in [-0.15, -0.1) is 0 Å². The van der Waals surface area contributed by atoms with Crippen molar-refractivity contribution in [2.45, 2.75) is 116 Å². The quantitative estimate of drug-likeness (QED) is 0.0184. The number of aryl methyl sites for hydroxylation is 1. The molecule has 430 valence electrons. The second kappa shape index (κ2) is 24.6. The van der Waals surface area contributed by atoms with Crippen LogP contribution in [0.1, 0.15) is 98.4 Å². The van der Waals surface area contributed by atoms with E-state index in [0.29, 0.717) is 63.1 Å². The summed E-state index contributed by atoms with van der Waals surface area (Å²) in [7, 11) is 0. The number of fused-ring (bicyclic) bond motifs is 5.